The Labute approximate surface area is 197 Å². The Hall–Kier alpha value is -3.90. The summed E-state index contributed by atoms with van der Waals surface area (Å²) >= 11 is 0. The molecule has 0 atom stereocenters. The van der Waals surface area contributed by atoms with E-state index in [1.54, 1.807) is 0 Å². The van der Waals surface area contributed by atoms with Gasteiger partial charge >= 0.3 is 0 Å². The lowest BCUT2D eigenvalue weighted by atomic mass is 9.91. The standard InChI is InChI=1S/C33H28/c1-24-15-19-27(20-16-24)31-12-7-8-13-32(31)28-21-17-26(18-22-28)23-29-10-4-6-14-33(29)30-11-5-3-9-25(30)2/h3-22H,23H2,1-2H3. The molecule has 5 rings (SSSR count). The number of benzene rings is 5. The average Bonchev–Trinajstić information content (AvgIpc) is 2.86. The zero-order valence-electron chi connectivity index (χ0n) is 19.3. The first-order valence-electron chi connectivity index (χ1n) is 11.6. The fraction of sp³-hybridized carbons (Fsp3) is 0.0909. The highest BCUT2D eigenvalue weighted by atomic mass is 14.1. The maximum absolute atomic E-state index is 2.27. The molecule has 0 saturated heterocycles. The molecule has 0 aromatic heterocycles. The largest absolute Gasteiger partial charge is 0.0620 e. The number of aryl methyl sites for hydroxylation is 2. The van der Waals surface area contributed by atoms with Gasteiger partial charge in [-0.1, -0.05) is 127 Å². The van der Waals surface area contributed by atoms with Crippen LogP contribution in [0.2, 0.25) is 0 Å². The van der Waals surface area contributed by atoms with E-state index >= 15 is 0 Å². The van der Waals surface area contributed by atoms with Crippen LogP contribution in [0.15, 0.2) is 121 Å². The maximum Gasteiger partial charge on any atom is -0.00196 e. The van der Waals surface area contributed by atoms with Crippen molar-refractivity contribution in [3.63, 3.8) is 0 Å². The Bertz CT molecular complexity index is 1370. The van der Waals surface area contributed by atoms with Crippen LogP contribution in [0.25, 0.3) is 33.4 Å². The molecule has 0 saturated carbocycles. The molecule has 0 heteroatoms. The predicted molar refractivity (Wildman–Crippen MR) is 141 cm³/mol. The summed E-state index contributed by atoms with van der Waals surface area (Å²) in [5.41, 5.74) is 13.0. The van der Waals surface area contributed by atoms with Gasteiger partial charge in [0.05, 0.1) is 0 Å². The van der Waals surface area contributed by atoms with Gasteiger partial charge in [0.15, 0.2) is 0 Å². The van der Waals surface area contributed by atoms with E-state index in [2.05, 4.69) is 135 Å². The molecule has 5 aromatic carbocycles. The summed E-state index contributed by atoms with van der Waals surface area (Å²) in [6, 6.07) is 44.0. The molecule has 0 aliphatic carbocycles. The number of rotatable bonds is 5. The molecule has 0 amide bonds. The van der Waals surface area contributed by atoms with Crippen LogP contribution in [-0.2, 0) is 6.42 Å². The summed E-state index contributed by atoms with van der Waals surface area (Å²) in [6.07, 6.45) is 0.921. The molecule has 5 aromatic rings. The van der Waals surface area contributed by atoms with Gasteiger partial charge in [-0.05, 0) is 70.3 Å². The van der Waals surface area contributed by atoms with Crippen LogP contribution < -0.4 is 0 Å². The van der Waals surface area contributed by atoms with Crippen LogP contribution in [0.4, 0.5) is 0 Å². The Morgan fingerprint density at radius 2 is 0.909 bits per heavy atom. The van der Waals surface area contributed by atoms with E-state index in [4.69, 9.17) is 0 Å². The van der Waals surface area contributed by atoms with E-state index in [0.717, 1.165) is 6.42 Å². The van der Waals surface area contributed by atoms with Crippen molar-refractivity contribution in [2.45, 2.75) is 20.3 Å². The third-order valence-corrected chi connectivity index (χ3v) is 6.40. The summed E-state index contributed by atoms with van der Waals surface area (Å²) in [7, 11) is 0. The molecule has 0 N–H and O–H groups in total. The smallest absolute Gasteiger partial charge is 0.00196 e. The minimum atomic E-state index is 0.921. The first-order chi connectivity index (χ1) is 16.2. The van der Waals surface area contributed by atoms with Crippen LogP contribution in [-0.4, -0.2) is 0 Å². The van der Waals surface area contributed by atoms with Crippen LogP contribution >= 0.6 is 0 Å². The lowest BCUT2D eigenvalue weighted by Gasteiger charge is -2.13. The van der Waals surface area contributed by atoms with Crippen LogP contribution in [0.3, 0.4) is 0 Å². The van der Waals surface area contributed by atoms with Gasteiger partial charge < -0.3 is 0 Å². The summed E-state index contributed by atoms with van der Waals surface area (Å²) in [5.74, 6) is 0. The molecule has 0 spiro atoms. The quantitative estimate of drug-likeness (QED) is 0.264. The van der Waals surface area contributed by atoms with E-state index in [0.29, 0.717) is 0 Å². The minimum absolute atomic E-state index is 0.921. The Kier molecular flexibility index (Phi) is 5.91. The van der Waals surface area contributed by atoms with Gasteiger partial charge in [-0.3, -0.25) is 0 Å². The number of hydrogen-bond donors (Lipinski definition) is 0. The molecular weight excluding hydrogens is 396 g/mol. The Balaban J connectivity index is 1.45. The summed E-state index contributed by atoms with van der Waals surface area (Å²) in [4.78, 5) is 0. The molecule has 0 nitrogen and oxygen atoms in total. The fourth-order valence-corrected chi connectivity index (χ4v) is 4.55. The van der Waals surface area contributed by atoms with Gasteiger partial charge in [0, 0.05) is 0 Å². The van der Waals surface area contributed by atoms with Crippen molar-refractivity contribution in [3.8, 4) is 33.4 Å². The van der Waals surface area contributed by atoms with E-state index in [-0.39, 0.29) is 0 Å². The van der Waals surface area contributed by atoms with Crippen molar-refractivity contribution in [3.05, 3.63) is 144 Å². The van der Waals surface area contributed by atoms with Gasteiger partial charge in [-0.2, -0.15) is 0 Å². The first-order valence-corrected chi connectivity index (χ1v) is 11.6. The van der Waals surface area contributed by atoms with E-state index in [1.807, 2.05) is 0 Å². The van der Waals surface area contributed by atoms with Gasteiger partial charge in [-0.25, -0.2) is 0 Å². The molecule has 160 valence electrons. The third-order valence-electron chi connectivity index (χ3n) is 6.40. The second-order valence-electron chi connectivity index (χ2n) is 8.76. The van der Waals surface area contributed by atoms with Crippen molar-refractivity contribution >= 4 is 0 Å². The van der Waals surface area contributed by atoms with Crippen molar-refractivity contribution < 1.29 is 0 Å². The van der Waals surface area contributed by atoms with Crippen molar-refractivity contribution in [2.75, 3.05) is 0 Å². The summed E-state index contributed by atoms with van der Waals surface area (Å²) < 4.78 is 0. The van der Waals surface area contributed by atoms with Crippen molar-refractivity contribution in [2.24, 2.45) is 0 Å². The fourth-order valence-electron chi connectivity index (χ4n) is 4.55. The van der Waals surface area contributed by atoms with Crippen molar-refractivity contribution in [1.29, 1.82) is 0 Å². The molecule has 0 radical (unpaired) electrons. The minimum Gasteiger partial charge on any atom is -0.0620 e. The second-order valence-corrected chi connectivity index (χ2v) is 8.76. The molecule has 0 fully saturated rings. The first kappa shape index (κ1) is 21.0. The number of hydrogen-bond acceptors (Lipinski definition) is 0. The lowest BCUT2D eigenvalue weighted by Crippen LogP contribution is -1.94. The normalized spacial score (nSPS) is 10.8. The highest BCUT2D eigenvalue weighted by molar-refractivity contribution is 5.83. The molecule has 0 heterocycles. The Morgan fingerprint density at radius 1 is 0.424 bits per heavy atom. The van der Waals surface area contributed by atoms with Crippen LogP contribution in [0.5, 0.6) is 0 Å². The highest BCUT2D eigenvalue weighted by Crippen LogP contribution is 2.33. The van der Waals surface area contributed by atoms with Crippen molar-refractivity contribution in [1.82, 2.24) is 0 Å². The molecule has 0 bridgehead atoms. The van der Waals surface area contributed by atoms with Gasteiger partial charge in [0.2, 0.25) is 0 Å². The van der Waals surface area contributed by atoms with E-state index in [9.17, 15) is 0 Å². The lowest BCUT2D eigenvalue weighted by molar-refractivity contribution is 1.19. The SMILES string of the molecule is Cc1ccc(-c2ccccc2-c2ccc(Cc3ccccc3-c3ccccc3C)cc2)cc1. The topological polar surface area (TPSA) is 0 Å². The van der Waals surface area contributed by atoms with Gasteiger partial charge in [0.25, 0.3) is 0 Å². The molecule has 0 aliphatic rings. The van der Waals surface area contributed by atoms with Gasteiger partial charge in [0.1, 0.15) is 0 Å². The molecule has 33 heavy (non-hydrogen) atoms. The molecule has 0 unspecified atom stereocenters. The Morgan fingerprint density at radius 3 is 1.52 bits per heavy atom. The molecule has 0 aliphatic heterocycles. The highest BCUT2D eigenvalue weighted by Gasteiger charge is 2.10. The van der Waals surface area contributed by atoms with Crippen LogP contribution in [0.1, 0.15) is 22.3 Å². The predicted octanol–water partition coefficient (Wildman–Crippen LogP) is 8.90. The second kappa shape index (κ2) is 9.30. The summed E-state index contributed by atoms with van der Waals surface area (Å²) in [6.45, 7) is 4.32. The maximum atomic E-state index is 2.27. The average molecular weight is 425 g/mol. The zero-order chi connectivity index (χ0) is 22.6. The zero-order valence-corrected chi connectivity index (χ0v) is 19.3. The third kappa shape index (κ3) is 4.52. The monoisotopic (exact) mass is 424 g/mol. The summed E-state index contributed by atoms with van der Waals surface area (Å²) in [5, 5.41) is 0. The van der Waals surface area contributed by atoms with Crippen LogP contribution in [0, 0.1) is 13.8 Å². The van der Waals surface area contributed by atoms with E-state index < -0.39 is 0 Å². The van der Waals surface area contributed by atoms with E-state index in [1.165, 1.54) is 55.6 Å². The molecular formula is C33H28. The van der Waals surface area contributed by atoms with Gasteiger partial charge in [-0.15, -0.1) is 0 Å².